The second-order valence-corrected chi connectivity index (χ2v) is 4.24. The van der Waals surface area contributed by atoms with Gasteiger partial charge in [0.2, 0.25) is 0 Å². The van der Waals surface area contributed by atoms with Gasteiger partial charge in [0, 0.05) is 24.7 Å². The Hall–Kier alpha value is -2.26. The van der Waals surface area contributed by atoms with E-state index in [4.69, 9.17) is 15.1 Å². The number of nitrogens with zero attached hydrogens (tertiary/aromatic N) is 1. The van der Waals surface area contributed by atoms with Gasteiger partial charge < -0.3 is 9.84 Å². The first-order valence-corrected chi connectivity index (χ1v) is 5.81. The van der Waals surface area contributed by atoms with Crippen LogP contribution in [0.2, 0.25) is 0 Å². The first-order valence-electron chi connectivity index (χ1n) is 5.81. The van der Waals surface area contributed by atoms with Gasteiger partial charge in [0.05, 0.1) is 5.57 Å². The Morgan fingerprint density at radius 3 is 2.50 bits per heavy atom. The summed E-state index contributed by atoms with van der Waals surface area (Å²) in [6, 6.07) is 3.28. The number of benzene rings is 1. The Morgan fingerprint density at radius 2 is 1.95 bits per heavy atom. The Labute approximate surface area is 113 Å². The normalized spacial score (nSPS) is 18.1. The summed E-state index contributed by atoms with van der Waals surface area (Å²) in [4.78, 5) is 0. The number of rotatable bonds is 3. The molecule has 1 atom stereocenters. The van der Waals surface area contributed by atoms with Crippen LogP contribution in [-0.2, 0) is 0 Å². The van der Waals surface area contributed by atoms with Crippen molar-refractivity contribution >= 4 is 0 Å². The number of nitriles is 1. The van der Waals surface area contributed by atoms with Crippen LogP contribution in [0.25, 0.3) is 0 Å². The lowest BCUT2D eigenvalue weighted by atomic mass is 9.96. The molecule has 0 saturated carbocycles. The molecule has 1 aliphatic rings. The zero-order valence-corrected chi connectivity index (χ0v) is 10.2. The summed E-state index contributed by atoms with van der Waals surface area (Å²) in [6.07, 6.45) is 3.49. The molecule has 1 aromatic rings. The number of hydrogen-bond acceptors (Lipinski definition) is 3. The summed E-state index contributed by atoms with van der Waals surface area (Å²) in [5.74, 6) is -4.62. The number of aliphatic hydroxyl groups is 1. The molecule has 0 bridgehead atoms. The van der Waals surface area contributed by atoms with E-state index in [2.05, 4.69) is 0 Å². The van der Waals surface area contributed by atoms with Crippen molar-refractivity contribution in [3.05, 3.63) is 53.1 Å². The molecule has 2 rings (SSSR count). The SMILES string of the molecule is N#CC1=CC(CO)CC=C1Oc1cc(F)c(F)c(F)c1. The van der Waals surface area contributed by atoms with Gasteiger partial charge in [-0.1, -0.05) is 6.08 Å². The molecular formula is C14H10F3NO2. The fourth-order valence-electron chi connectivity index (χ4n) is 1.79. The van der Waals surface area contributed by atoms with Crippen LogP contribution in [0.1, 0.15) is 6.42 Å². The molecule has 0 radical (unpaired) electrons. The number of allylic oxidation sites excluding steroid dienone is 2. The number of halogens is 3. The van der Waals surface area contributed by atoms with Crippen molar-refractivity contribution in [2.45, 2.75) is 6.42 Å². The highest BCUT2D eigenvalue weighted by Gasteiger charge is 2.18. The maximum Gasteiger partial charge on any atom is 0.194 e. The lowest BCUT2D eigenvalue weighted by Gasteiger charge is -2.17. The summed E-state index contributed by atoms with van der Waals surface area (Å²) >= 11 is 0. The third-order valence-corrected chi connectivity index (χ3v) is 2.81. The second kappa shape index (κ2) is 5.80. The predicted molar refractivity (Wildman–Crippen MR) is 63.9 cm³/mol. The molecule has 0 fully saturated rings. The topological polar surface area (TPSA) is 53.2 Å². The zero-order valence-electron chi connectivity index (χ0n) is 10.2. The van der Waals surface area contributed by atoms with Crippen molar-refractivity contribution < 1.29 is 23.0 Å². The van der Waals surface area contributed by atoms with Crippen molar-refractivity contribution in [3.8, 4) is 11.8 Å². The molecule has 0 spiro atoms. The quantitative estimate of drug-likeness (QED) is 0.867. The molecule has 104 valence electrons. The second-order valence-electron chi connectivity index (χ2n) is 4.24. The monoisotopic (exact) mass is 281 g/mol. The van der Waals surface area contributed by atoms with E-state index >= 15 is 0 Å². The Balaban J connectivity index is 2.25. The lowest BCUT2D eigenvalue weighted by molar-refractivity contribution is 0.250. The Kier molecular flexibility index (Phi) is 4.11. The van der Waals surface area contributed by atoms with E-state index in [0.29, 0.717) is 18.6 Å². The highest BCUT2D eigenvalue weighted by Crippen LogP contribution is 2.27. The smallest absolute Gasteiger partial charge is 0.194 e. The molecule has 20 heavy (non-hydrogen) atoms. The minimum absolute atomic E-state index is 0.116. The number of aliphatic hydroxyl groups excluding tert-OH is 1. The van der Waals surface area contributed by atoms with Gasteiger partial charge in [-0.25, -0.2) is 13.2 Å². The third kappa shape index (κ3) is 2.83. The van der Waals surface area contributed by atoms with Gasteiger partial charge in [0.1, 0.15) is 17.6 Å². The fourth-order valence-corrected chi connectivity index (χ4v) is 1.79. The molecule has 0 heterocycles. The molecule has 6 heteroatoms. The van der Waals surface area contributed by atoms with E-state index in [1.54, 1.807) is 6.08 Å². The van der Waals surface area contributed by atoms with Crippen LogP contribution in [0, 0.1) is 34.7 Å². The molecule has 1 aliphatic carbocycles. The van der Waals surface area contributed by atoms with Gasteiger partial charge in [-0.05, 0) is 12.5 Å². The number of hydrogen-bond donors (Lipinski definition) is 1. The summed E-state index contributed by atoms with van der Waals surface area (Å²) < 4.78 is 44.2. The van der Waals surface area contributed by atoms with E-state index in [1.807, 2.05) is 6.07 Å². The van der Waals surface area contributed by atoms with Crippen LogP contribution in [-0.4, -0.2) is 11.7 Å². The molecule has 0 aliphatic heterocycles. The molecule has 3 nitrogen and oxygen atoms in total. The first-order chi connectivity index (χ1) is 9.55. The molecular weight excluding hydrogens is 271 g/mol. The van der Waals surface area contributed by atoms with Crippen molar-refractivity contribution in [2.75, 3.05) is 6.61 Å². The molecule has 0 saturated heterocycles. The summed E-state index contributed by atoms with van der Waals surface area (Å²) in [7, 11) is 0. The van der Waals surface area contributed by atoms with Crippen molar-refractivity contribution in [1.82, 2.24) is 0 Å². The van der Waals surface area contributed by atoms with Crippen molar-refractivity contribution in [3.63, 3.8) is 0 Å². The zero-order chi connectivity index (χ0) is 14.7. The van der Waals surface area contributed by atoms with Crippen LogP contribution >= 0.6 is 0 Å². The molecule has 1 unspecified atom stereocenters. The van der Waals surface area contributed by atoms with E-state index in [-0.39, 0.29) is 29.6 Å². The van der Waals surface area contributed by atoms with E-state index in [1.165, 1.54) is 6.08 Å². The largest absolute Gasteiger partial charge is 0.456 e. The summed E-state index contributed by atoms with van der Waals surface area (Å²) in [6.45, 7) is -0.116. The van der Waals surface area contributed by atoms with Gasteiger partial charge in [-0.2, -0.15) is 5.26 Å². The average molecular weight is 281 g/mol. The van der Waals surface area contributed by atoms with Gasteiger partial charge >= 0.3 is 0 Å². The standard InChI is InChI=1S/C14H10F3NO2/c15-11-4-10(5-12(16)14(11)17)20-13-2-1-8(7-19)3-9(13)6-18/h2-5,8,19H,1,7H2. The highest BCUT2D eigenvalue weighted by atomic mass is 19.2. The molecule has 1 aromatic carbocycles. The predicted octanol–water partition coefficient (Wildman–Crippen LogP) is 2.83. The average Bonchev–Trinajstić information content (AvgIpc) is 2.45. The number of ether oxygens (including phenoxy) is 1. The lowest BCUT2D eigenvalue weighted by Crippen LogP contribution is -2.11. The molecule has 1 N–H and O–H groups in total. The van der Waals surface area contributed by atoms with Crippen molar-refractivity contribution in [1.29, 1.82) is 5.26 Å². The minimum atomic E-state index is -1.58. The van der Waals surface area contributed by atoms with Crippen molar-refractivity contribution in [2.24, 2.45) is 5.92 Å². The Bertz CT molecular complexity index is 609. The van der Waals surface area contributed by atoms with Crippen LogP contribution < -0.4 is 4.74 Å². The van der Waals surface area contributed by atoms with Gasteiger partial charge in [-0.15, -0.1) is 0 Å². The van der Waals surface area contributed by atoms with E-state index in [9.17, 15) is 13.2 Å². The van der Waals surface area contributed by atoms with Gasteiger partial charge in [-0.3, -0.25) is 0 Å². The minimum Gasteiger partial charge on any atom is -0.456 e. The third-order valence-electron chi connectivity index (χ3n) is 2.81. The first kappa shape index (κ1) is 14.2. The summed E-state index contributed by atoms with van der Waals surface area (Å²) in [5.41, 5.74) is 0.153. The fraction of sp³-hybridized carbons (Fsp3) is 0.214. The van der Waals surface area contributed by atoms with Crippen LogP contribution in [0.15, 0.2) is 35.6 Å². The maximum absolute atomic E-state index is 13.1. The summed E-state index contributed by atoms with van der Waals surface area (Å²) in [5, 5.41) is 18.0. The van der Waals surface area contributed by atoms with Gasteiger partial charge in [0.15, 0.2) is 17.5 Å². The van der Waals surface area contributed by atoms with Crippen LogP contribution in [0.3, 0.4) is 0 Å². The Morgan fingerprint density at radius 1 is 1.30 bits per heavy atom. The van der Waals surface area contributed by atoms with E-state index < -0.39 is 17.5 Å². The van der Waals surface area contributed by atoms with E-state index in [0.717, 1.165) is 0 Å². The molecule has 0 aromatic heterocycles. The van der Waals surface area contributed by atoms with Crippen LogP contribution in [0.4, 0.5) is 13.2 Å². The highest BCUT2D eigenvalue weighted by molar-refractivity contribution is 5.43. The maximum atomic E-state index is 13.1. The van der Waals surface area contributed by atoms with Gasteiger partial charge in [0.25, 0.3) is 0 Å². The van der Waals surface area contributed by atoms with Crippen LogP contribution in [0.5, 0.6) is 5.75 Å². The molecule has 0 amide bonds.